The third kappa shape index (κ3) is 4.59. The van der Waals surface area contributed by atoms with Gasteiger partial charge in [-0.15, -0.1) is 0 Å². The SMILES string of the molecule is CCc1nc(NN)c(C)c(NCC(C)(O)CN(C)C)n1. The van der Waals surface area contributed by atoms with Crippen molar-refractivity contribution < 1.29 is 5.11 Å². The number of aliphatic hydroxyl groups is 1. The molecular weight excluding hydrogens is 256 g/mol. The molecule has 0 fully saturated rings. The monoisotopic (exact) mass is 282 g/mol. The van der Waals surface area contributed by atoms with Crippen molar-refractivity contribution in [3.05, 3.63) is 11.4 Å². The Hall–Kier alpha value is -1.44. The third-order valence-electron chi connectivity index (χ3n) is 2.94. The fourth-order valence-electron chi connectivity index (χ4n) is 2.05. The average Bonchev–Trinajstić information content (AvgIpc) is 2.36. The van der Waals surface area contributed by atoms with Crippen LogP contribution in [0.5, 0.6) is 0 Å². The lowest BCUT2D eigenvalue weighted by Gasteiger charge is -2.27. The number of aromatic nitrogens is 2. The van der Waals surface area contributed by atoms with E-state index in [2.05, 4.69) is 20.7 Å². The van der Waals surface area contributed by atoms with Gasteiger partial charge in [0.2, 0.25) is 0 Å². The minimum Gasteiger partial charge on any atom is -0.387 e. The van der Waals surface area contributed by atoms with E-state index in [1.165, 1.54) is 0 Å². The molecule has 1 unspecified atom stereocenters. The quantitative estimate of drug-likeness (QED) is 0.423. The summed E-state index contributed by atoms with van der Waals surface area (Å²) in [6.07, 6.45) is 0.720. The molecule has 1 rings (SSSR count). The number of nitrogens with two attached hydrogens (primary N) is 1. The molecule has 1 heterocycles. The fourth-order valence-corrected chi connectivity index (χ4v) is 2.05. The number of hydrogen-bond donors (Lipinski definition) is 4. The van der Waals surface area contributed by atoms with Gasteiger partial charge in [-0.05, 0) is 27.9 Å². The van der Waals surface area contributed by atoms with Gasteiger partial charge >= 0.3 is 0 Å². The van der Waals surface area contributed by atoms with Gasteiger partial charge in [0, 0.05) is 25.1 Å². The molecule has 20 heavy (non-hydrogen) atoms. The van der Waals surface area contributed by atoms with Gasteiger partial charge in [-0.1, -0.05) is 6.92 Å². The number of hydrogen-bond acceptors (Lipinski definition) is 7. The summed E-state index contributed by atoms with van der Waals surface area (Å²) in [5, 5.41) is 13.5. The zero-order valence-electron chi connectivity index (χ0n) is 13.0. The minimum atomic E-state index is -0.844. The Labute approximate surface area is 120 Å². The summed E-state index contributed by atoms with van der Waals surface area (Å²) in [5.41, 5.74) is 2.57. The van der Waals surface area contributed by atoms with E-state index in [0.717, 1.165) is 12.0 Å². The molecule has 0 aliphatic heterocycles. The summed E-state index contributed by atoms with van der Waals surface area (Å²) in [5.74, 6) is 7.47. The van der Waals surface area contributed by atoms with Crippen molar-refractivity contribution in [2.24, 2.45) is 5.84 Å². The molecule has 0 bridgehead atoms. The Morgan fingerprint density at radius 2 is 1.90 bits per heavy atom. The second kappa shape index (κ2) is 6.83. The van der Waals surface area contributed by atoms with Gasteiger partial charge in [-0.3, -0.25) is 0 Å². The highest BCUT2D eigenvalue weighted by molar-refractivity contribution is 5.56. The molecule has 114 valence electrons. The van der Waals surface area contributed by atoms with Gasteiger partial charge in [0.25, 0.3) is 0 Å². The van der Waals surface area contributed by atoms with E-state index in [1.54, 1.807) is 6.92 Å². The van der Waals surface area contributed by atoms with Crippen molar-refractivity contribution >= 4 is 11.6 Å². The predicted molar refractivity (Wildman–Crippen MR) is 81.6 cm³/mol. The van der Waals surface area contributed by atoms with Gasteiger partial charge in [-0.25, -0.2) is 15.8 Å². The van der Waals surface area contributed by atoms with Crippen LogP contribution < -0.4 is 16.6 Å². The Morgan fingerprint density at radius 3 is 2.40 bits per heavy atom. The van der Waals surface area contributed by atoms with Crippen LogP contribution in [0.15, 0.2) is 0 Å². The normalized spacial score (nSPS) is 14.2. The molecule has 0 amide bonds. The Bertz CT molecular complexity index is 447. The molecule has 0 saturated carbocycles. The van der Waals surface area contributed by atoms with Gasteiger partial charge in [0.05, 0.1) is 5.60 Å². The van der Waals surface area contributed by atoms with Crippen molar-refractivity contribution in [2.45, 2.75) is 32.8 Å². The maximum Gasteiger partial charge on any atom is 0.148 e. The number of hydrazine groups is 1. The molecule has 0 radical (unpaired) electrons. The van der Waals surface area contributed by atoms with Crippen molar-refractivity contribution in [3.63, 3.8) is 0 Å². The van der Waals surface area contributed by atoms with E-state index >= 15 is 0 Å². The average molecular weight is 282 g/mol. The lowest BCUT2D eigenvalue weighted by Crippen LogP contribution is -2.43. The van der Waals surface area contributed by atoms with Crippen LogP contribution in [0.1, 0.15) is 25.2 Å². The highest BCUT2D eigenvalue weighted by atomic mass is 16.3. The van der Waals surface area contributed by atoms with Crippen molar-refractivity contribution in [1.29, 1.82) is 0 Å². The Balaban J connectivity index is 2.86. The molecule has 1 aromatic rings. The van der Waals surface area contributed by atoms with E-state index < -0.39 is 5.60 Å². The number of rotatable bonds is 7. The maximum atomic E-state index is 10.3. The number of nitrogens with zero attached hydrogens (tertiary/aromatic N) is 3. The summed E-state index contributed by atoms with van der Waals surface area (Å²) in [6, 6.07) is 0. The highest BCUT2D eigenvalue weighted by Gasteiger charge is 2.22. The summed E-state index contributed by atoms with van der Waals surface area (Å²) in [7, 11) is 3.85. The van der Waals surface area contributed by atoms with Gasteiger partial charge in [0.15, 0.2) is 0 Å². The van der Waals surface area contributed by atoms with Crippen molar-refractivity contribution in [1.82, 2.24) is 14.9 Å². The standard InChI is InChI=1S/C13H26N6O/c1-6-10-16-11(9(2)12(17-10)18-14)15-7-13(3,20)8-19(4)5/h20H,6-8,14H2,1-5H3,(H2,15,16,17,18). The Kier molecular flexibility index (Phi) is 5.67. The van der Waals surface area contributed by atoms with Gasteiger partial charge in [-0.2, -0.15) is 0 Å². The van der Waals surface area contributed by atoms with Gasteiger partial charge < -0.3 is 20.7 Å². The Morgan fingerprint density at radius 1 is 1.30 bits per heavy atom. The summed E-state index contributed by atoms with van der Waals surface area (Å²) in [6.45, 7) is 6.62. The predicted octanol–water partition coefficient (Wildman–Crippen LogP) is 0.358. The number of nitrogen functional groups attached to an aromatic ring is 1. The molecule has 1 aromatic heterocycles. The minimum absolute atomic E-state index is 0.399. The van der Waals surface area contributed by atoms with E-state index in [0.29, 0.717) is 30.5 Å². The largest absolute Gasteiger partial charge is 0.387 e. The summed E-state index contributed by atoms with van der Waals surface area (Å²) in [4.78, 5) is 10.7. The highest BCUT2D eigenvalue weighted by Crippen LogP contribution is 2.20. The lowest BCUT2D eigenvalue weighted by molar-refractivity contribution is 0.0459. The first-order valence-electron chi connectivity index (χ1n) is 6.74. The van der Waals surface area contributed by atoms with E-state index in [4.69, 9.17) is 5.84 Å². The lowest BCUT2D eigenvalue weighted by atomic mass is 10.1. The van der Waals surface area contributed by atoms with Crippen LogP contribution in [0.2, 0.25) is 0 Å². The molecular formula is C13H26N6O. The topological polar surface area (TPSA) is 99.3 Å². The summed E-state index contributed by atoms with van der Waals surface area (Å²) < 4.78 is 0. The first-order valence-corrected chi connectivity index (χ1v) is 6.74. The van der Waals surface area contributed by atoms with Gasteiger partial charge in [0.1, 0.15) is 17.5 Å². The van der Waals surface area contributed by atoms with Crippen molar-refractivity contribution in [3.8, 4) is 0 Å². The molecule has 7 heteroatoms. The van der Waals surface area contributed by atoms with Crippen LogP contribution in [-0.2, 0) is 6.42 Å². The number of likely N-dealkylation sites (N-methyl/N-ethyl adjacent to an activating group) is 1. The van der Waals surface area contributed by atoms with E-state index in [1.807, 2.05) is 32.8 Å². The number of nitrogens with one attached hydrogen (secondary N) is 2. The van der Waals surface area contributed by atoms with Crippen LogP contribution in [-0.4, -0.2) is 52.8 Å². The molecule has 0 aliphatic rings. The molecule has 5 N–H and O–H groups in total. The number of aryl methyl sites for hydroxylation is 1. The van der Waals surface area contributed by atoms with Crippen LogP contribution in [0.4, 0.5) is 11.6 Å². The molecule has 0 saturated heterocycles. The summed E-state index contributed by atoms with van der Waals surface area (Å²) >= 11 is 0. The first kappa shape index (κ1) is 16.6. The third-order valence-corrected chi connectivity index (χ3v) is 2.94. The van der Waals surface area contributed by atoms with Crippen LogP contribution in [0, 0.1) is 6.92 Å². The fraction of sp³-hybridized carbons (Fsp3) is 0.692. The van der Waals surface area contributed by atoms with E-state index in [-0.39, 0.29) is 0 Å². The second-order valence-corrected chi connectivity index (χ2v) is 5.55. The molecule has 7 nitrogen and oxygen atoms in total. The van der Waals surface area contributed by atoms with Crippen LogP contribution in [0.25, 0.3) is 0 Å². The molecule has 0 aromatic carbocycles. The zero-order chi connectivity index (χ0) is 15.3. The second-order valence-electron chi connectivity index (χ2n) is 5.55. The smallest absolute Gasteiger partial charge is 0.148 e. The zero-order valence-corrected chi connectivity index (χ0v) is 13.0. The molecule has 1 atom stereocenters. The van der Waals surface area contributed by atoms with Crippen molar-refractivity contribution in [2.75, 3.05) is 37.9 Å². The number of anilines is 2. The molecule has 0 spiro atoms. The van der Waals surface area contributed by atoms with E-state index in [9.17, 15) is 5.11 Å². The molecule has 0 aliphatic carbocycles. The first-order chi connectivity index (χ1) is 9.29. The maximum absolute atomic E-state index is 10.3. The van der Waals surface area contributed by atoms with Crippen LogP contribution in [0.3, 0.4) is 0 Å². The van der Waals surface area contributed by atoms with Crippen LogP contribution >= 0.6 is 0 Å².